The summed E-state index contributed by atoms with van der Waals surface area (Å²) >= 11 is 3.51. The third-order valence-electron chi connectivity index (χ3n) is 3.28. The number of rotatable bonds is 8. The van der Waals surface area contributed by atoms with E-state index in [0.29, 0.717) is 0 Å². The summed E-state index contributed by atoms with van der Waals surface area (Å²) in [6.07, 6.45) is 5.89. The smallest absolute Gasteiger partial charge is 0.141 e. The fourth-order valence-electron chi connectivity index (χ4n) is 2.16. The minimum atomic E-state index is 0.00834. The van der Waals surface area contributed by atoms with Crippen LogP contribution in [0.4, 0.5) is 0 Å². The maximum absolute atomic E-state index is 6.27. The van der Waals surface area contributed by atoms with Crippen LogP contribution in [-0.2, 0) is 0 Å². The van der Waals surface area contributed by atoms with Crippen molar-refractivity contribution in [1.82, 2.24) is 0 Å². The van der Waals surface area contributed by atoms with Gasteiger partial charge in [0.2, 0.25) is 0 Å². The van der Waals surface area contributed by atoms with Crippen LogP contribution in [0, 0.1) is 0 Å². The summed E-state index contributed by atoms with van der Waals surface area (Å²) in [5, 5.41) is 0. The van der Waals surface area contributed by atoms with Crippen LogP contribution >= 0.6 is 15.9 Å². The van der Waals surface area contributed by atoms with Crippen molar-refractivity contribution in [3.63, 3.8) is 0 Å². The second kappa shape index (κ2) is 8.43. The SMILES string of the molecule is CCCCCCC(N)c1ccc(OC)c(Br)c1OC. The largest absolute Gasteiger partial charge is 0.495 e. The van der Waals surface area contributed by atoms with Gasteiger partial charge in [-0.3, -0.25) is 0 Å². The van der Waals surface area contributed by atoms with Gasteiger partial charge in [-0.1, -0.05) is 32.6 Å². The molecule has 3 nitrogen and oxygen atoms in total. The Hall–Kier alpha value is -0.740. The zero-order valence-electron chi connectivity index (χ0n) is 12.0. The molecular formula is C15H24BrNO2. The van der Waals surface area contributed by atoms with Gasteiger partial charge in [0.05, 0.1) is 14.2 Å². The summed E-state index contributed by atoms with van der Waals surface area (Å²) in [5.41, 5.74) is 7.31. The Balaban J connectivity index is 2.78. The number of halogens is 1. The van der Waals surface area contributed by atoms with Crippen LogP contribution < -0.4 is 15.2 Å². The summed E-state index contributed by atoms with van der Waals surface area (Å²) in [5.74, 6) is 1.54. The van der Waals surface area contributed by atoms with Crippen LogP contribution in [0.3, 0.4) is 0 Å². The Morgan fingerprint density at radius 1 is 1.16 bits per heavy atom. The third kappa shape index (κ3) is 4.39. The maximum Gasteiger partial charge on any atom is 0.141 e. The first-order valence-corrected chi connectivity index (χ1v) is 7.60. The van der Waals surface area contributed by atoms with E-state index in [0.717, 1.165) is 34.4 Å². The highest BCUT2D eigenvalue weighted by Gasteiger charge is 2.17. The van der Waals surface area contributed by atoms with E-state index in [4.69, 9.17) is 15.2 Å². The molecule has 0 saturated heterocycles. The van der Waals surface area contributed by atoms with Crippen molar-refractivity contribution in [2.24, 2.45) is 5.73 Å². The number of unbranched alkanes of at least 4 members (excludes halogenated alkanes) is 3. The second-order valence-electron chi connectivity index (χ2n) is 4.66. The molecule has 1 aromatic carbocycles. The molecule has 0 spiro atoms. The van der Waals surface area contributed by atoms with Gasteiger partial charge in [0.15, 0.2) is 0 Å². The maximum atomic E-state index is 6.27. The first kappa shape index (κ1) is 16.3. The van der Waals surface area contributed by atoms with Gasteiger partial charge in [-0.2, -0.15) is 0 Å². The molecule has 0 aliphatic heterocycles. The summed E-state index contributed by atoms with van der Waals surface area (Å²) in [7, 11) is 3.30. The lowest BCUT2D eigenvalue weighted by molar-refractivity contribution is 0.382. The summed E-state index contributed by atoms with van der Waals surface area (Å²) < 4.78 is 11.6. The minimum absolute atomic E-state index is 0.00834. The zero-order chi connectivity index (χ0) is 14.3. The average Bonchev–Trinajstić information content (AvgIpc) is 2.43. The normalized spacial score (nSPS) is 12.3. The number of nitrogens with two attached hydrogens (primary N) is 1. The van der Waals surface area contributed by atoms with Gasteiger partial charge < -0.3 is 15.2 Å². The van der Waals surface area contributed by atoms with Crippen molar-refractivity contribution in [2.45, 2.75) is 45.1 Å². The Labute approximate surface area is 124 Å². The molecule has 0 radical (unpaired) electrons. The number of ether oxygens (including phenoxy) is 2. The molecular weight excluding hydrogens is 306 g/mol. The fourth-order valence-corrected chi connectivity index (χ4v) is 2.84. The van der Waals surface area contributed by atoms with Crippen molar-refractivity contribution in [3.05, 3.63) is 22.2 Å². The molecule has 4 heteroatoms. The molecule has 0 fully saturated rings. The molecule has 108 valence electrons. The van der Waals surface area contributed by atoms with Crippen molar-refractivity contribution in [1.29, 1.82) is 0 Å². The Bertz CT molecular complexity index is 396. The van der Waals surface area contributed by atoms with Crippen molar-refractivity contribution in [3.8, 4) is 11.5 Å². The molecule has 1 unspecified atom stereocenters. The topological polar surface area (TPSA) is 44.5 Å². The van der Waals surface area contributed by atoms with Crippen LogP contribution in [0.25, 0.3) is 0 Å². The lowest BCUT2D eigenvalue weighted by Gasteiger charge is -2.18. The number of hydrogen-bond donors (Lipinski definition) is 1. The van der Waals surface area contributed by atoms with Gasteiger partial charge in [-0.15, -0.1) is 0 Å². The molecule has 1 rings (SSSR count). The van der Waals surface area contributed by atoms with E-state index in [1.54, 1.807) is 14.2 Å². The molecule has 0 saturated carbocycles. The third-order valence-corrected chi connectivity index (χ3v) is 4.04. The molecule has 0 heterocycles. The molecule has 0 aromatic heterocycles. The van der Waals surface area contributed by atoms with E-state index in [2.05, 4.69) is 22.9 Å². The van der Waals surface area contributed by atoms with Crippen molar-refractivity contribution in [2.75, 3.05) is 14.2 Å². The highest BCUT2D eigenvalue weighted by Crippen LogP contribution is 2.40. The fraction of sp³-hybridized carbons (Fsp3) is 0.600. The standard InChI is InChI=1S/C15H24BrNO2/c1-4-5-6-7-8-12(17)11-9-10-13(18-2)14(16)15(11)19-3/h9-10,12H,4-8,17H2,1-3H3. The number of benzene rings is 1. The van der Waals surface area contributed by atoms with Gasteiger partial charge in [0, 0.05) is 11.6 Å². The molecule has 1 aromatic rings. The van der Waals surface area contributed by atoms with E-state index in [9.17, 15) is 0 Å². The van der Waals surface area contributed by atoms with Crippen molar-refractivity contribution >= 4 is 15.9 Å². The molecule has 19 heavy (non-hydrogen) atoms. The van der Waals surface area contributed by atoms with E-state index in [1.807, 2.05) is 12.1 Å². The first-order valence-electron chi connectivity index (χ1n) is 6.81. The summed E-state index contributed by atoms with van der Waals surface area (Å²) in [6.45, 7) is 2.21. The van der Waals surface area contributed by atoms with Gasteiger partial charge >= 0.3 is 0 Å². The first-order chi connectivity index (χ1) is 9.15. The van der Waals surface area contributed by atoms with E-state index in [-0.39, 0.29) is 6.04 Å². The van der Waals surface area contributed by atoms with E-state index in [1.165, 1.54) is 19.3 Å². The zero-order valence-corrected chi connectivity index (χ0v) is 13.6. The molecule has 0 bridgehead atoms. The van der Waals surface area contributed by atoms with Crippen molar-refractivity contribution < 1.29 is 9.47 Å². The van der Waals surface area contributed by atoms with Crippen LogP contribution in [0.5, 0.6) is 11.5 Å². The van der Waals surface area contributed by atoms with Gasteiger partial charge in [-0.25, -0.2) is 0 Å². The lowest BCUT2D eigenvalue weighted by Crippen LogP contribution is -2.12. The summed E-state index contributed by atoms with van der Waals surface area (Å²) in [6, 6.07) is 3.93. The Morgan fingerprint density at radius 3 is 2.47 bits per heavy atom. The van der Waals surface area contributed by atoms with E-state index >= 15 is 0 Å². The average molecular weight is 330 g/mol. The number of methoxy groups -OCH3 is 2. The monoisotopic (exact) mass is 329 g/mol. The predicted molar refractivity (Wildman–Crippen MR) is 82.9 cm³/mol. The van der Waals surface area contributed by atoms with Crippen LogP contribution in [0.15, 0.2) is 16.6 Å². The lowest BCUT2D eigenvalue weighted by atomic mass is 10.00. The van der Waals surface area contributed by atoms with Crippen LogP contribution in [-0.4, -0.2) is 14.2 Å². The minimum Gasteiger partial charge on any atom is -0.495 e. The highest BCUT2D eigenvalue weighted by atomic mass is 79.9. The Kier molecular flexibility index (Phi) is 7.24. The second-order valence-corrected chi connectivity index (χ2v) is 5.45. The molecule has 2 N–H and O–H groups in total. The Morgan fingerprint density at radius 2 is 1.89 bits per heavy atom. The van der Waals surface area contributed by atoms with Gasteiger partial charge in [0.1, 0.15) is 16.0 Å². The van der Waals surface area contributed by atoms with Crippen LogP contribution in [0.1, 0.15) is 50.6 Å². The summed E-state index contributed by atoms with van der Waals surface area (Å²) in [4.78, 5) is 0. The predicted octanol–water partition coefficient (Wildman–Crippen LogP) is 4.44. The molecule has 0 amide bonds. The van der Waals surface area contributed by atoms with Crippen LogP contribution in [0.2, 0.25) is 0 Å². The molecule has 1 atom stereocenters. The van der Waals surface area contributed by atoms with Gasteiger partial charge in [-0.05, 0) is 34.5 Å². The van der Waals surface area contributed by atoms with Gasteiger partial charge in [0.25, 0.3) is 0 Å². The number of hydrogen-bond acceptors (Lipinski definition) is 3. The molecule has 0 aliphatic carbocycles. The molecule has 0 aliphatic rings. The van der Waals surface area contributed by atoms with E-state index < -0.39 is 0 Å². The quantitative estimate of drug-likeness (QED) is 0.717. The highest BCUT2D eigenvalue weighted by molar-refractivity contribution is 9.10.